The zero-order valence-electron chi connectivity index (χ0n) is 13.8. The van der Waals surface area contributed by atoms with Gasteiger partial charge in [-0.05, 0) is 39.5 Å². The smallest absolute Gasteiger partial charge is 0.243 e. The van der Waals surface area contributed by atoms with Gasteiger partial charge in [-0.25, -0.2) is 0 Å². The molecule has 1 fully saturated rings. The summed E-state index contributed by atoms with van der Waals surface area (Å²) in [5.41, 5.74) is -0.257. The largest absolute Gasteiger partial charge is 0.350 e. The van der Waals surface area contributed by atoms with Crippen LogP contribution in [0, 0.1) is 11.8 Å². The molecule has 1 aliphatic rings. The number of carbonyl (C=O) groups is 2. The minimum Gasteiger partial charge on any atom is -0.350 e. The van der Waals surface area contributed by atoms with Gasteiger partial charge in [-0.1, -0.05) is 27.2 Å². The van der Waals surface area contributed by atoms with E-state index < -0.39 is 0 Å². The van der Waals surface area contributed by atoms with E-state index >= 15 is 0 Å². The normalized spacial score (nSPS) is 23.2. The molecule has 0 aromatic heterocycles. The lowest BCUT2D eigenvalue weighted by molar-refractivity contribution is -0.141. The molecule has 1 rings (SSSR count). The Morgan fingerprint density at radius 1 is 1.30 bits per heavy atom. The zero-order chi connectivity index (χ0) is 15.5. The SMILES string of the molecule is CCCC1CC(C(=O)NC(C)(C)C)N(C(=O)C(C)C)C1. The molecule has 20 heavy (non-hydrogen) atoms. The Bertz CT molecular complexity index is 358. The number of hydrogen-bond donors (Lipinski definition) is 1. The van der Waals surface area contributed by atoms with Crippen molar-refractivity contribution in [2.24, 2.45) is 11.8 Å². The Labute approximate surface area is 123 Å². The highest BCUT2D eigenvalue weighted by Crippen LogP contribution is 2.28. The lowest BCUT2D eigenvalue weighted by atomic mass is 9.99. The number of nitrogens with one attached hydrogen (secondary N) is 1. The van der Waals surface area contributed by atoms with Crippen molar-refractivity contribution in [1.82, 2.24) is 10.2 Å². The van der Waals surface area contributed by atoms with E-state index in [1.807, 2.05) is 34.6 Å². The number of carbonyl (C=O) groups excluding carboxylic acids is 2. The second-order valence-corrected chi connectivity index (χ2v) is 7.29. The maximum absolute atomic E-state index is 12.4. The minimum absolute atomic E-state index is 0.00916. The van der Waals surface area contributed by atoms with Gasteiger partial charge in [-0.3, -0.25) is 9.59 Å². The summed E-state index contributed by atoms with van der Waals surface area (Å²) in [7, 11) is 0. The fourth-order valence-corrected chi connectivity index (χ4v) is 2.82. The maximum atomic E-state index is 12.4. The molecule has 4 nitrogen and oxygen atoms in total. The predicted octanol–water partition coefficient (Wildman–Crippen LogP) is 2.57. The molecule has 1 N–H and O–H groups in total. The number of amides is 2. The Kier molecular flexibility index (Phi) is 5.60. The molecule has 0 spiro atoms. The van der Waals surface area contributed by atoms with E-state index in [0.29, 0.717) is 5.92 Å². The molecule has 0 radical (unpaired) electrons. The van der Waals surface area contributed by atoms with Crippen LogP contribution < -0.4 is 5.32 Å². The van der Waals surface area contributed by atoms with E-state index in [-0.39, 0.29) is 29.3 Å². The van der Waals surface area contributed by atoms with Crippen molar-refractivity contribution in [2.45, 2.75) is 72.4 Å². The Morgan fingerprint density at radius 2 is 1.90 bits per heavy atom. The van der Waals surface area contributed by atoms with Gasteiger partial charge < -0.3 is 10.2 Å². The molecule has 116 valence electrons. The van der Waals surface area contributed by atoms with E-state index in [2.05, 4.69) is 12.2 Å². The lowest BCUT2D eigenvalue weighted by Gasteiger charge is -2.29. The average Bonchev–Trinajstić information content (AvgIpc) is 2.70. The Morgan fingerprint density at radius 3 is 2.35 bits per heavy atom. The molecule has 0 aliphatic carbocycles. The fraction of sp³-hybridized carbons (Fsp3) is 0.875. The molecular formula is C16H30N2O2. The summed E-state index contributed by atoms with van der Waals surface area (Å²) in [6, 6.07) is -0.291. The van der Waals surface area contributed by atoms with Gasteiger partial charge in [-0.2, -0.15) is 0 Å². The first kappa shape index (κ1) is 17.0. The van der Waals surface area contributed by atoms with Crippen molar-refractivity contribution in [2.75, 3.05) is 6.54 Å². The monoisotopic (exact) mass is 282 g/mol. The third kappa shape index (κ3) is 4.50. The first-order chi connectivity index (χ1) is 9.15. The van der Waals surface area contributed by atoms with Gasteiger partial charge in [0.25, 0.3) is 0 Å². The van der Waals surface area contributed by atoms with Crippen LogP contribution in [0.2, 0.25) is 0 Å². The highest BCUT2D eigenvalue weighted by molar-refractivity contribution is 5.89. The van der Waals surface area contributed by atoms with E-state index in [4.69, 9.17) is 0 Å². The quantitative estimate of drug-likeness (QED) is 0.861. The van der Waals surface area contributed by atoms with Gasteiger partial charge in [0, 0.05) is 18.0 Å². The van der Waals surface area contributed by atoms with Crippen LogP contribution in [0.3, 0.4) is 0 Å². The molecule has 0 aromatic carbocycles. The van der Waals surface area contributed by atoms with Crippen LogP contribution >= 0.6 is 0 Å². The molecule has 1 heterocycles. The predicted molar refractivity (Wildman–Crippen MR) is 81.2 cm³/mol. The Balaban J connectivity index is 2.83. The van der Waals surface area contributed by atoms with Crippen molar-refractivity contribution >= 4 is 11.8 Å². The third-order valence-corrected chi connectivity index (χ3v) is 3.66. The summed E-state index contributed by atoms with van der Waals surface area (Å²) in [5, 5.41) is 3.01. The summed E-state index contributed by atoms with van der Waals surface area (Å²) in [4.78, 5) is 26.6. The number of hydrogen-bond acceptors (Lipinski definition) is 2. The minimum atomic E-state index is -0.291. The first-order valence-electron chi connectivity index (χ1n) is 7.78. The summed E-state index contributed by atoms with van der Waals surface area (Å²) < 4.78 is 0. The molecule has 2 amide bonds. The third-order valence-electron chi connectivity index (χ3n) is 3.66. The highest BCUT2D eigenvalue weighted by Gasteiger charge is 2.40. The maximum Gasteiger partial charge on any atom is 0.243 e. The van der Waals surface area contributed by atoms with Crippen LogP contribution in [0.25, 0.3) is 0 Å². The van der Waals surface area contributed by atoms with E-state index in [9.17, 15) is 9.59 Å². The van der Waals surface area contributed by atoms with E-state index in [1.165, 1.54) is 0 Å². The summed E-state index contributed by atoms with van der Waals surface area (Å²) in [5.74, 6) is 0.487. The van der Waals surface area contributed by atoms with Gasteiger partial charge in [0.15, 0.2) is 0 Å². The van der Waals surface area contributed by atoms with Crippen molar-refractivity contribution in [3.8, 4) is 0 Å². The molecule has 0 aromatic rings. The number of rotatable bonds is 4. The fourth-order valence-electron chi connectivity index (χ4n) is 2.82. The standard InChI is InChI=1S/C16H30N2O2/c1-7-8-12-9-13(14(19)17-16(4,5)6)18(10-12)15(20)11(2)3/h11-13H,7-10H2,1-6H3,(H,17,19). The van der Waals surface area contributed by atoms with Crippen LogP contribution in [0.4, 0.5) is 0 Å². The second-order valence-electron chi connectivity index (χ2n) is 7.29. The topological polar surface area (TPSA) is 49.4 Å². The van der Waals surface area contributed by atoms with Gasteiger partial charge in [0.05, 0.1) is 0 Å². The summed E-state index contributed by atoms with van der Waals surface area (Å²) in [6.45, 7) is 12.6. The lowest BCUT2D eigenvalue weighted by Crippen LogP contribution is -2.52. The number of likely N-dealkylation sites (tertiary alicyclic amines) is 1. The molecule has 1 saturated heterocycles. The Hall–Kier alpha value is -1.06. The molecule has 1 aliphatic heterocycles. The summed E-state index contributed by atoms with van der Waals surface area (Å²) in [6.07, 6.45) is 2.98. The van der Waals surface area contributed by atoms with Crippen LogP contribution in [0.1, 0.15) is 60.8 Å². The molecule has 4 heteroatoms. The van der Waals surface area contributed by atoms with Crippen LogP contribution in [-0.2, 0) is 9.59 Å². The first-order valence-corrected chi connectivity index (χ1v) is 7.78. The molecule has 2 unspecified atom stereocenters. The molecular weight excluding hydrogens is 252 g/mol. The zero-order valence-corrected chi connectivity index (χ0v) is 13.8. The molecule has 0 saturated carbocycles. The molecule has 0 bridgehead atoms. The van der Waals surface area contributed by atoms with Crippen LogP contribution in [0.15, 0.2) is 0 Å². The van der Waals surface area contributed by atoms with Crippen LogP contribution in [-0.4, -0.2) is 34.8 Å². The van der Waals surface area contributed by atoms with Crippen molar-refractivity contribution < 1.29 is 9.59 Å². The average molecular weight is 282 g/mol. The van der Waals surface area contributed by atoms with Gasteiger partial charge in [-0.15, -0.1) is 0 Å². The molecule has 2 atom stereocenters. The second kappa shape index (κ2) is 6.59. The van der Waals surface area contributed by atoms with E-state index in [1.54, 1.807) is 4.90 Å². The van der Waals surface area contributed by atoms with Gasteiger partial charge >= 0.3 is 0 Å². The van der Waals surface area contributed by atoms with Crippen molar-refractivity contribution in [1.29, 1.82) is 0 Å². The van der Waals surface area contributed by atoms with Crippen molar-refractivity contribution in [3.05, 3.63) is 0 Å². The van der Waals surface area contributed by atoms with Crippen molar-refractivity contribution in [3.63, 3.8) is 0 Å². The van der Waals surface area contributed by atoms with Gasteiger partial charge in [0.1, 0.15) is 6.04 Å². The number of nitrogens with zero attached hydrogens (tertiary/aromatic N) is 1. The van der Waals surface area contributed by atoms with E-state index in [0.717, 1.165) is 25.8 Å². The summed E-state index contributed by atoms with van der Waals surface area (Å²) >= 11 is 0. The van der Waals surface area contributed by atoms with Gasteiger partial charge in [0.2, 0.25) is 11.8 Å². The highest BCUT2D eigenvalue weighted by atomic mass is 16.2. The van der Waals surface area contributed by atoms with Crippen LogP contribution in [0.5, 0.6) is 0 Å².